The van der Waals surface area contributed by atoms with Gasteiger partial charge in [-0.3, -0.25) is 9.36 Å². The maximum Gasteiger partial charge on any atom is 0.230 e. The summed E-state index contributed by atoms with van der Waals surface area (Å²) >= 11 is 1.38. The third-order valence-corrected chi connectivity index (χ3v) is 5.15. The fourth-order valence-electron chi connectivity index (χ4n) is 2.89. The molecule has 23 heavy (non-hydrogen) atoms. The lowest BCUT2D eigenvalue weighted by atomic mass is 9.86. The van der Waals surface area contributed by atoms with Gasteiger partial charge < -0.3 is 5.32 Å². The Morgan fingerprint density at radius 1 is 1.39 bits per heavy atom. The molecule has 1 amide bonds. The Kier molecular flexibility index (Phi) is 5.27. The monoisotopic (exact) mass is 331 g/mol. The molecule has 0 saturated heterocycles. The normalized spacial score (nSPS) is 21.1. The van der Waals surface area contributed by atoms with Crippen molar-refractivity contribution in [2.45, 2.75) is 43.8 Å². The van der Waals surface area contributed by atoms with Gasteiger partial charge >= 0.3 is 0 Å². The molecule has 1 N–H and O–H groups in total. The summed E-state index contributed by atoms with van der Waals surface area (Å²) in [6.45, 7) is 2.22. The number of hydrogen-bond acceptors (Lipinski definition) is 5. The van der Waals surface area contributed by atoms with Crippen LogP contribution < -0.4 is 5.32 Å². The highest BCUT2D eigenvalue weighted by molar-refractivity contribution is 7.99. The maximum absolute atomic E-state index is 12.2. The quantitative estimate of drug-likeness (QED) is 0.852. The molecule has 6 nitrogen and oxygen atoms in total. The van der Waals surface area contributed by atoms with Gasteiger partial charge in [-0.2, -0.15) is 0 Å². The van der Waals surface area contributed by atoms with Crippen molar-refractivity contribution in [2.75, 3.05) is 5.75 Å². The summed E-state index contributed by atoms with van der Waals surface area (Å²) in [4.78, 5) is 16.5. The van der Waals surface area contributed by atoms with E-state index in [0.717, 1.165) is 12.2 Å². The van der Waals surface area contributed by atoms with E-state index >= 15 is 0 Å². The molecule has 0 aromatic carbocycles. The lowest BCUT2D eigenvalue weighted by Crippen LogP contribution is -2.41. The minimum Gasteiger partial charge on any atom is -0.352 e. The van der Waals surface area contributed by atoms with Crippen molar-refractivity contribution in [3.05, 3.63) is 30.7 Å². The summed E-state index contributed by atoms with van der Waals surface area (Å²) in [5.74, 6) is 1.72. The molecular formula is C16H21N5OS. The lowest BCUT2D eigenvalue weighted by Gasteiger charge is -2.29. The smallest absolute Gasteiger partial charge is 0.230 e. The van der Waals surface area contributed by atoms with Gasteiger partial charge in [-0.05, 0) is 30.9 Å². The van der Waals surface area contributed by atoms with Crippen LogP contribution in [0.5, 0.6) is 0 Å². The van der Waals surface area contributed by atoms with Crippen LogP contribution in [0.3, 0.4) is 0 Å². The van der Waals surface area contributed by atoms with E-state index in [1.807, 2.05) is 18.2 Å². The highest BCUT2D eigenvalue weighted by Crippen LogP contribution is 2.24. The first kappa shape index (κ1) is 16.0. The van der Waals surface area contributed by atoms with Gasteiger partial charge in [0.05, 0.1) is 5.75 Å². The Morgan fingerprint density at radius 3 is 3.04 bits per heavy atom. The summed E-state index contributed by atoms with van der Waals surface area (Å²) in [6.07, 6.45) is 8.10. The van der Waals surface area contributed by atoms with Crippen LogP contribution in [-0.2, 0) is 4.79 Å². The average Bonchev–Trinajstić information content (AvgIpc) is 3.04. The van der Waals surface area contributed by atoms with E-state index in [9.17, 15) is 4.79 Å². The third kappa shape index (κ3) is 4.10. The van der Waals surface area contributed by atoms with Gasteiger partial charge in [-0.1, -0.05) is 37.6 Å². The minimum absolute atomic E-state index is 0.0596. The average molecular weight is 331 g/mol. The molecule has 1 saturated carbocycles. The van der Waals surface area contributed by atoms with Gasteiger partial charge in [0.25, 0.3) is 0 Å². The zero-order valence-electron chi connectivity index (χ0n) is 13.2. The Balaban J connectivity index is 1.57. The van der Waals surface area contributed by atoms with E-state index in [2.05, 4.69) is 27.4 Å². The maximum atomic E-state index is 12.2. The molecule has 3 rings (SSSR count). The van der Waals surface area contributed by atoms with E-state index < -0.39 is 0 Å². The van der Waals surface area contributed by atoms with Gasteiger partial charge in [-0.15, -0.1) is 10.2 Å². The van der Waals surface area contributed by atoms with Crippen molar-refractivity contribution in [3.63, 3.8) is 0 Å². The first-order valence-corrected chi connectivity index (χ1v) is 8.96. The van der Waals surface area contributed by atoms with Crippen LogP contribution in [0.1, 0.15) is 32.6 Å². The van der Waals surface area contributed by atoms with Gasteiger partial charge in [0.1, 0.15) is 12.1 Å². The minimum atomic E-state index is 0.0596. The Hall–Kier alpha value is -1.89. The molecule has 2 heterocycles. The van der Waals surface area contributed by atoms with E-state index in [1.165, 1.54) is 31.0 Å². The Bertz CT molecular complexity index is 645. The molecule has 0 spiro atoms. The fourth-order valence-corrected chi connectivity index (χ4v) is 3.61. The third-order valence-electron chi connectivity index (χ3n) is 4.20. The zero-order valence-corrected chi connectivity index (χ0v) is 14.0. The van der Waals surface area contributed by atoms with Gasteiger partial charge in [0, 0.05) is 12.2 Å². The summed E-state index contributed by atoms with van der Waals surface area (Å²) in [6, 6.07) is 5.97. The summed E-state index contributed by atoms with van der Waals surface area (Å²) in [7, 11) is 0. The van der Waals surface area contributed by atoms with E-state index in [-0.39, 0.29) is 5.91 Å². The number of nitrogens with zero attached hydrogens (tertiary/aromatic N) is 4. The number of hydrogen-bond donors (Lipinski definition) is 1. The number of nitrogens with one attached hydrogen (secondary N) is 1. The number of carbonyl (C=O) groups is 1. The van der Waals surface area contributed by atoms with Crippen molar-refractivity contribution < 1.29 is 4.79 Å². The molecule has 2 aromatic heterocycles. The predicted molar refractivity (Wildman–Crippen MR) is 89.4 cm³/mol. The molecule has 1 aliphatic rings. The van der Waals surface area contributed by atoms with Crippen LogP contribution in [0.2, 0.25) is 0 Å². The summed E-state index contributed by atoms with van der Waals surface area (Å²) in [5, 5.41) is 11.8. The van der Waals surface area contributed by atoms with Crippen LogP contribution in [-0.4, -0.2) is 37.5 Å². The van der Waals surface area contributed by atoms with Gasteiger partial charge in [-0.25, -0.2) is 4.98 Å². The number of rotatable bonds is 5. The molecule has 2 atom stereocenters. The van der Waals surface area contributed by atoms with Gasteiger partial charge in [0.15, 0.2) is 5.16 Å². The number of aromatic nitrogens is 4. The molecule has 7 heteroatoms. The highest BCUT2D eigenvalue weighted by atomic mass is 32.2. The van der Waals surface area contributed by atoms with Crippen molar-refractivity contribution in [1.29, 1.82) is 0 Å². The second kappa shape index (κ2) is 7.59. The molecule has 122 valence electrons. The standard InChI is InChI=1S/C16H21N5OS/c1-12-6-2-3-7-13(12)19-15(22)10-23-16-20-18-11-21(16)14-8-4-5-9-17-14/h4-5,8-9,11-13H,2-3,6-7,10H2,1H3,(H,19,22). The number of pyridine rings is 1. The number of carbonyl (C=O) groups excluding carboxylic acids is 1. The molecule has 0 bridgehead atoms. The molecule has 0 radical (unpaired) electrons. The van der Waals surface area contributed by atoms with Crippen molar-refractivity contribution >= 4 is 17.7 Å². The lowest BCUT2D eigenvalue weighted by molar-refractivity contribution is -0.119. The molecule has 1 fully saturated rings. The van der Waals surface area contributed by atoms with Gasteiger partial charge in [0.2, 0.25) is 5.91 Å². The molecule has 1 aliphatic carbocycles. The first-order chi connectivity index (χ1) is 11.2. The van der Waals surface area contributed by atoms with Crippen LogP contribution in [0, 0.1) is 5.92 Å². The summed E-state index contributed by atoms with van der Waals surface area (Å²) < 4.78 is 1.79. The molecule has 2 aromatic rings. The van der Waals surface area contributed by atoms with E-state index in [4.69, 9.17) is 0 Å². The SMILES string of the molecule is CC1CCCCC1NC(=O)CSc1nncn1-c1ccccn1. The summed E-state index contributed by atoms with van der Waals surface area (Å²) in [5.41, 5.74) is 0. The van der Waals surface area contributed by atoms with Crippen molar-refractivity contribution in [1.82, 2.24) is 25.1 Å². The second-order valence-electron chi connectivity index (χ2n) is 5.90. The predicted octanol–water partition coefficient (Wildman–Crippen LogP) is 2.45. The number of thioether (sulfide) groups is 1. The van der Waals surface area contributed by atoms with E-state index in [0.29, 0.717) is 22.9 Å². The first-order valence-electron chi connectivity index (χ1n) is 7.97. The van der Waals surface area contributed by atoms with Crippen molar-refractivity contribution in [3.8, 4) is 5.82 Å². The molecule has 2 unspecified atom stereocenters. The largest absolute Gasteiger partial charge is 0.352 e. The van der Waals surface area contributed by atoms with Crippen LogP contribution in [0.25, 0.3) is 5.82 Å². The van der Waals surface area contributed by atoms with Crippen LogP contribution >= 0.6 is 11.8 Å². The zero-order chi connectivity index (χ0) is 16.1. The number of amides is 1. The Labute approximate surface area is 140 Å². The second-order valence-corrected chi connectivity index (χ2v) is 6.84. The molecule has 0 aliphatic heterocycles. The fraction of sp³-hybridized carbons (Fsp3) is 0.500. The highest BCUT2D eigenvalue weighted by Gasteiger charge is 2.23. The van der Waals surface area contributed by atoms with E-state index in [1.54, 1.807) is 17.1 Å². The molecular weight excluding hydrogens is 310 g/mol. The van der Waals surface area contributed by atoms with Crippen molar-refractivity contribution in [2.24, 2.45) is 5.92 Å². The topological polar surface area (TPSA) is 72.7 Å². The van der Waals surface area contributed by atoms with Crippen LogP contribution in [0.4, 0.5) is 0 Å². The van der Waals surface area contributed by atoms with Crippen LogP contribution in [0.15, 0.2) is 35.9 Å². The Morgan fingerprint density at radius 2 is 2.26 bits per heavy atom.